The Labute approximate surface area is 171 Å². The van der Waals surface area contributed by atoms with E-state index in [1.807, 2.05) is 19.1 Å². The molecule has 4 rings (SSSR count). The molecule has 0 unspecified atom stereocenters. The second-order valence-electron chi connectivity index (χ2n) is 7.06. The zero-order valence-electron chi connectivity index (χ0n) is 16.4. The van der Waals surface area contributed by atoms with Crippen LogP contribution in [0.1, 0.15) is 23.5 Å². The van der Waals surface area contributed by atoms with E-state index in [1.54, 1.807) is 25.2 Å². The monoisotopic (exact) mass is 406 g/mol. The summed E-state index contributed by atoms with van der Waals surface area (Å²) in [5.74, 6) is -0.950. The Kier molecular flexibility index (Phi) is 5.09. The molecule has 30 heavy (non-hydrogen) atoms. The van der Waals surface area contributed by atoms with E-state index in [4.69, 9.17) is 0 Å². The molecule has 9 heteroatoms. The lowest BCUT2D eigenvalue weighted by Gasteiger charge is -2.24. The third-order valence-electron chi connectivity index (χ3n) is 4.94. The Morgan fingerprint density at radius 1 is 1.23 bits per heavy atom. The fourth-order valence-electron chi connectivity index (χ4n) is 3.32. The van der Waals surface area contributed by atoms with Crippen LogP contribution in [0, 0.1) is 12.7 Å². The molecule has 1 atom stereocenters. The Hall–Kier alpha value is -3.88. The lowest BCUT2D eigenvalue weighted by atomic mass is 9.86. The Morgan fingerprint density at radius 2 is 2.00 bits per heavy atom. The predicted molar refractivity (Wildman–Crippen MR) is 108 cm³/mol. The Balaban J connectivity index is 1.62. The van der Waals surface area contributed by atoms with E-state index in [2.05, 4.69) is 26.0 Å². The van der Waals surface area contributed by atoms with Gasteiger partial charge in [0.2, 0.25) is 11.7 Å². The molecule has 2 N–H and O–H groups in total. The zero-order chi connectivity index (χ0) is 21.3. The van der Waals surface area contributed by atoms with Crippen molar-refractivity contribution in [3.8, 4) is 11.4 Å². The molecule has 0 aliphatic carbocycles. The topological polar surface area (TPSA) is 102 Å². The number of hydrogen-bond donors (Lipinski definition) is 2. The quantitative estimate of drug-likeness (QED) is 0.693. The molecule has 1 aromatic heterocycles. The summed E-state index contributed by atoms with van der Waals surface area (Å²) in [5, 5.41) is 17.5. The van der Waals surface area contributed by atoms with Crippen molar-refractivity contribution in [3.05, 3.63) is 71.2 Å². The minimum absolute atomic E-state index is 0.105. The molecule has 1 aliphatic rings. The zero-order valence-corrected chi connectivity index (χ0v) is 16.4. The number of benzene rings is 2. The first kappa shape index (κ1) is 19.4. The molecule has 0 saturated carbocycles. The second-order valence-corrected chi connectivity index (χ2v) is 7.06. The Morgan fingerprint density at radius 3 is 2.70 bits per heavy atom. The number of nitrogens with zero attached hydrogens (tertiary/aromatic N) is 4. The maximum Gasteiger partial charge on any atom is 0.253 e. The van der Waals surface area contributed by atoms with Crippen LogP contribution in [-0.2, 0) is 16.6 Å². The summed E-state index contributed by atoms with van der Waals surface area (Å²) in [6, 6.07) is 11.3. The van der Waals surface area contributed by atoms with E-state index in [1.165, 1.54) is 23.1 Å². The molecule has 0 saturated heterocycles. The molecule has 3 aromatic rings. The average Bonchev–Trinajstić information content (AvgIpc) is 3.16. The summed E-state index contributed by atoms with van der Waals surface area (Å²) in [7, 11) is 1.67. The number of halogens is 1. The van der Waals surface area contributed by atoms with Crippen molar-refractivity contribution in [1.29, 1.82) is 0 Å². The van der Waals surface area contributed by atoms with Crippen LogP contribution < -0.4 is 10.6 Å². The fourth-order valence-corrected chi connectivity index (χ4v) is 3.32. The third-order valence-corrected chi connectivity index (χ3v) is 4.94. The van der Waals surface area contributed by atoms with Gasteiger partial charge in [0.05, 0.1) is 7.05 Å². The van der Waals surface area contributed by atoms with E-state index < -0.39 is 5.92 Å². The second kappa shape index (κ2) is 7.86. The molecule has 1 aliphatic heterocycles. The highest BCUT2D eigenvalue weighted by atomic mass is 19.1. The van der Waals surface area contributed by atoms with Crippen LogP contribution in [-0.4, -0.2) is 32.0 Å². The summed E-state index contributed by atoms with van der Waals surface area (Å²) in [6.45, 7) is 1.87. The van der Waals surface area contributed by atoms with E-state index in [9.17, 15) is 14.0 Å². The molecule has 152 valence electrons. The van der Waals surface area contributed by atoms with Gasteiger partial charge < -0.3 is 10.6 Å². The van der Waals surface area contributed by atoms with Crippen LogP contribution in [0.5, 0.6) is 0 Å². The number of rotatable bonds is 4. The number of hydrogen-bond acceptors (Lipinski definition) is 5. The minimum Gasteiger partial charge on any atom is -0.332 e. The molecule has 0 bridgehead atoms. The fraction of sp³-hybridized carbons (Fsp3) is 0.190. The molecule has 0 fully saturated rings. The van der Waals surface area contributed by atoms with Gasteiger partial charge in [-0.1, -0.05) is 24.3 Å². The van der Waals surface area contributed by atoms with Gasteiger partial charge in [0.25, 0.3) is 5.91 Å². The van der Waals surface area contributed by atoms with Crippen LogP contribution in [0.4, 0.5) is 10.1 Å². The summed E-state index contributed by atoms with van der Waals surface area (Å²) in [6.07, 6.45) is 1.52. The van der Waals surface area contributed by atoms with Gasteiger partial charge in [-0.05, 0) is 41.5 Å². The van der Waals surface area contributed by atoms with Gasteiger partial charge >= 0.3 is 0 Å². The lowest BCUT2D eigenvalue weighted by Crippen LogP contribution is -2.32. The van der Waals surface area contributed by atoms with Gasteiger partial charge in [0.1, 0.15) is 5.82 Å². The van der Waals surface area contributed by atoms with Gasteiger partial charge in [-0.25, -0.2) is 4.39 Å². The SMILES string of the molecule is Cc1ccc(-c2nnn(C)n2)cc1NC(=O)C1=CNC(=O)C[C@H]1c1ccc(F)cc1. The summed E-state index contributed by atoms with van der Waals surface area (Å²) < 4.78 is 13.3. The number of amides is 2. The van der Waals surface area contributed by atoms with E-state index in [0.717, 1.165) is 5.56 Å². The molecule has 2 amide bonds. The largest absolute Gasteiger partial charge is 0.332 e. The highest BCUT2D eigenvalue weighted by molar-refractivity contribution is 6.07. The van der Waals surface area contributed by atoms with Crippen LogP contribution >= 0.6 is 0 Å². The normalized spacial score (nSPS) is 16.0. The first-order chi connectivity index (χ1) is 14.4. The number of aryl methyl sites for hydroxylation is 2. The van der Waals surface area contributed by atoms with Crippen molar-refractivity contribution in [3.63, 3.8) is 0 Å². The van der Waals surface area contributed by atoms with E-state index in [-0.39, 0.29) is 24.1 Å². The summed E-state index contributed by atoms with van der Waals surface area (Å²) in [5.41, 5.74) is 3.26. The van der Waals surface area contributed by atoms with Crippen LogP contribution in [0.25, 0.3) is 11.4 Å². The first-order valence-electron chi connectivity index (χ1n) is 9.32. The van der Waals surface area contributed by atoms with E-state index >= 15 is 0 Å². The Bertz CT molecular complexity index is 1150. The molecule has 0 radical (unpaired) electrons. The maximum atomic E-state index is 13.3. The van der Waals surface area contributed by atoms with Gasteiger partial charge in [-0.15, -0.1) is 10.2 Å². The standard InChI is InChI=1S/C21H19FN6O2/c1-12-3-4-14(20-25-27-28(2)26-20)9-18(12)24-21(30)17-11-23-19(29)10-16(17)13-5-7-15(22)8-6-13/h3-9,11,16H,10H2,1-2H3,(H,23,29)(H,24,30)/t16-/m0/s1. The third kappa shape index (κ3) is 3.95. The number of nitrogens with one attached hydrogen (secondary N) is 2. The van der Waals surface area contributed by atoms with Crippen molar-refractivity contribution >= 4 is 17.5 Å². The first-order valence-corrected chi connectivity index (χ1v) is 9.32. The maximum absolute atomic E-state index is 13.3. The van der Waals surface area contributed by atoms with Gasteiger partial charge in [0.15, 0.2) is 0 Å². The van der Waals surface area contributed by atoms with E-state index in [0.29, 0.717) is 28.2 Å². The molecule has 8 nitrogen and oxygen atoms in total. The lowest BCUT2D eigenvalue weighted by molar-refractivity contribution is -0.121. The highest BCUT2D eigenvalue weighted by Gasteiger charge is 2.29. The smallest absolute Gasteiger partial charge is 0.253 e. The van der Waals surface area contributed by atoms with Crippen LogP contribution in [0.2, 0.25) is 0 Å². The van der Waals surface area contributed by atoms with Crippen molar-refractivity contribution in [1.82, 2.24) is 25.5 Å². The molecule has 2 heterocycles. The predicted octanol–water partition coefficient (Wildman–Crippen LogP) is 2.45. The summed E-state index contributed by atoms with van der Waals surface area (Å²) >= 11 is 0. The molecule has 2 aromatic carbocycles. The van der Waals surface area contributed by atoms with Gasteiger partial charge in [0, 0.05) is 35.4 Å². The molecular formula is C21H19FN6O2. The highest BCUT2D eigenvalue weighted by Crippen LogP contribution is 2.32. The average molecular weight is 406 g/mol. The van der Waals surface area contributed by atoms with Crippen molar-refractivity contribution in [2.24, 2.45) is 7.05 Å². The minimum atomic E-state index is -0.468. The van der Waals surface area contributed by atoms with Crippen LogP contribution in [0.3, 0.4) is 0 Å². The number of carbonyl (C=O) groups is 2. The number of carbonyl (C=O) groups excluding carboxylic acids is 2. The van der Waals surface area contributed by atoms with Crippen molar-refractivity contribution in [2.75, 3.05) is 5.32 Å². The van der Waals surface area contributed by atoms with Crippen molar-refractivity contribution < 1.29 is 14.0 Å². The number of aromatic nitrogens is 4. The van der Waals surface area contributed by atoms with Crippen molar-refractivity contribution in [2.45, 2.75) is 19.3 Å². The van der Waals surface area contributed by atoms with Gasteiger partial charge in [-0.3, -0.25) is 9.59 Å². The molecular weight excluding hydrogens is 387 g/mol. The van der Waals surface area contributed by atoms with Gasteiger partial charge in [-0.2, -0.15) is 4.80 Å². The number of anilines is 1. The summed E-state index contributed by atoms with van der Waals surface area (Å²) in [4.78, 5) is 26.3. The number of tetrazole rings is 1. The van der Waals surface area contributed by atoms with Crippen LogP contribution in [0.15, 0.2) is 54.2 Å². The molecule has 0 spiro atoms.